The first-order valence-electron chi connectivity index (χ1n) is 12.6. The minimum atomic E-state index is -0.594. The maximum Gasteiger partial charge on any atom is 0.253 e. The molecular formula is C28H36N4O3. The molecule has 1 saturated heterocycles. The average molecular weight is 477 g/mol. The largest absolute Gasteiger partial charge is 0.349 e. The minimum absolute atomic E-state index is 0.106. The van der Waals surface area contributed by atoms with E-state index in [0.29, 0.717) is 37.4 Å². The van der Waals surface area contributed by atoms with Crippen molar-refractivity contribution in [3.05, 3.63) is 65.7 Å². The second-order valence-corrected chi connectivity index (χ2v) is 10.1. The molecule has 1 saturated carbocycles. The van der Waals surface area contributed by atoms with Crippen LogP contribution in [0.15, 0.2) is 54.6 Å². The van der Waals surface area contributed by atoms with Gasteiger partial charge in [0.15, 0.2) is 0 Å². The lowest BCUT2D eigenvalue weighted by atomic mass is 9.83. The van der Waals surface area contributed by atoms with Gasteiger partial charge in [-0.05, 0) is 44.4 Å². The van der Waals surface area contributed by atoms with Crippen molar-refractivity contribution < 1.29 is 14.4 Å². The lowest BCUT2D eigenvalue weighted by molar-refractivity contribution is -0.138. The molecule has 2 aromatic rings. The number of benzene rings is 2. The summed E-state index contributed by atoms with van der Waals surface area (Å²) in [7, 11) is 0. The van der Waals surface area contributed by atoms with E-state index in [-0.39, 0.29) is 30.3 Å². The van der Waals surface area contributed by atoms with Gasteiger partial charge >= 0.3 is 0 Å². The number of piperazine rings is 1. The number of carbonyl (C=O) groups excluding carboxylic acids is 3. The van der Waals surface area contributed by atoms with Crippen molar-refractivity contribution in [2.45, 2.75) is 51.0 Å². The Morgan fingerprint density at radius 1 is 0.886 bits per heavy atom. The van der Waals surface area contributed by atoms with E-state index >= 15 is 0 Å². The Balaban J connectivity index is 1.29. The Hall–Kier alpha value is -3.19. The van der Waals surface area contributed by atoms with Gasteiger partial charge in [-0.15, -0.1) is 0 Å². The zero-order valence-corrected chi connectivity index (χ0v) is 20.8. The van der Waals surface area contributed by atoms with E-state index in [1.54, 1.807) is 12.1 Å². The number of hydrogen-bond acceptors (Lipinski definition) is 4. The van der Waals surface area contributed by atoms with Crippen molar-refractivity contribution >= 4 is 23.4 Å². The maximum atomic E-state index is 13.2. The van der Waals surface area contributed by atoms with Crippen molar-refractivity contribution in [1.82, 2.24) is 15.1 Å². The molecule has 0 atom stereocenters. The fourth-order valence-electron chi connectivity index (χ4n) is 5.00. The fraction of sp³-hybridized carbons (Fsp3) is 0.464. The molecule has 2 aromatic carbocycles. The van der Waals surface area contributed by atoms with Crippen LogP contribution >= 0.6 is 0 Å². The zero-order chi connectivity index (χ0) is 24.8. The number of carbonyl (C=O) groups is 3. The Kier molecular flexibility index (Phi) is 7.86. The van der Waals surface area contributed by atoms with Gasteiger partial charge in [0.1, 0.15) is 0 Å². The highest BCUT2D eigenvalue weighted by Crippen LogP contribution is 2.26. The van der Waals surface area contributed by atoms with E-state index in [9.17, 15) is 14.4 Å². The average Bonchev–Trinajstić information content (AvgIpc) is 3.38. The lowest BCUT2D eigenvalue weighted by Gasteiger charge is -2.38. The maximum absolute atomic E-state index is 13.2. The van der Waals surface area contributed by atoms with Gasteiger partial charge < -0.3 is 15.5 Å². The monoisotopic (exact) mass is 476 g/mol. The van der Waals surface area contributed by atoms with Crippen LogP contribution in [0.3, 0.4) is 0 Å². The molecule has 186 valence electrons. The summed E-state index contributed by atoms with van der Waals surface area (Å²) in [4.78, 5) is 42.7. The molecule has 3 amide bonds. The van der Waals surface area contributed by atoms with Crippen molar-refractivity contribution in [2.75, 3.05) is 38.0 Å². The summed E-state index contributed by atoms with van der Waals surface area (Å²) < 4.78 is 0. The number of anilines is 1. The number of amides is 3. The van der Waals surface area contributed by atoms with Gasteiger partial charge in [0, 0.05) is 32.2 Å². The van der Waals surface area contributed by atoms with Crippen molar-refractivity contribution in [2.24, 2.45) is 0 Å². The summed E-state index contributed by atoms with van der Waals surface area (Å²) in [5, 5.41) is 6.01. The highest BCUT2D eigenvalue weighted by molar-refractivity contribution is 6.04. The highest BCUT2D eigenvalue weighted by Gasteiger charge is 2.35. The fourth-order valence-corrected chi connectivity index (χ4v) is 5.00. The molecule has 4 rings (SSSR count). The normalized spacial score (nSPS) is 17.3. The summed E-state index contributed by atoms with van der Waals surface area (Å²) in [6.07, 6.45) is 4.31. The molecule has 0 spiro atoms. The van der Waals surface area contributed by atoms with E-state index < -0.39 is 5.41 Å². The first-order valence-corrected chi connectivity index (χ1v) is 12.6. The second-order valence-electron chi connectivity index (χ2n) is 10.1. The van der Waals surface area contributed by atoms with Crippen LogP contribution in [0.5, 0.6) is 0 Å². The Morgan fingerprint density at radius 2 is 1.51 bits per heavy atom. The molecule has 2 N–H and O–H groups in total. The third kappa shape index (κ3) is 6.09. The molecule has 0 bridgehead atoms. The van der Waals surface area contributed by atoms with E-state index in [4.69, 9.17) is 0 Å². The first-order chi connectivity index (χ1) is 16.8. The third-order valence-corrected chi connectivity index (χ3v) is 7.19. The van der Waals surface area contributed by atoms with Gasteiger partial charge in [-0.25, -0.2) is 0 Å². The number of para-hydroxylation sites is 1. The Bertz CT molecular complexity index is 1040. The minimum Gasteiger partial charge on any atom is -0.349 e. The molecular weight excluding hydrogens is 440 g/mol. The van der Waals surface area contributed by atoms with Crippen LogP contribution in [0, 0.1) is 0 Å². The van der Waals surface area contributed by atoms with Crippen LogP contribution in [0.4, 0.5) is 5.69 Å². The van der Waals surface area contributed by atoms with Crippen LogP contribution < -0.4 is 10.6 Å². The Morgan fingerprint density at radius 3 is 2.20 bits per heavy atom. The third-order valence-electron chi connectivity index (χ3n) is 7.19. The summed E-state index contributed by atoms with van der Waals surface area (Å²) in [6.45, 7) is 6.59. The van der Waals surface area contributed by atoms with Gasteiger partial charge in [0.25, 0.3) is 5.91 Å². The SMILES string of the molecule is CC(C)(C(=O)N1CCN(CC(=O)Nc2ccccc2C(=O)NC2CCCC2)CC1)c1ccccc1. The van der Waals surface area contributed by atoms with Crippen LogP contribution in [-0.4, -0.2) is 66.3 Å². The summed E-state index contributed by atoms with van der Waals surface area (Å²) in [5.41, 5.74) is 1.43. The smallest absolute Gasteiger partial charge is 0.253 e. The number of hydrogen-bond donors (Lipinski definition) is 2. The molecule has 2 fully saturated rings. The summed E-state index contributed by atoms with van der Waals surface area (Å²) in [5.74, 6) is -0.188. The molecule has 0 unspecified atom stereocenters. The highest BCUT2D eigenvalue weighted by atomic mass is 16.2. The van der Waals surface area contributed by atoms with Gasteiger partial charge in [0.2, 0.25) is 11.8 Å². The zero-order valence-electron chi connectivity index (χ0n) is 20.8. The lowest BCUT2D eigenvalue weighted by Crippen LogP contribution is -2.54. The predicted octanol–water partition coefficient (Wildman–Crippen LogP) is 3.42. The van der Waals surface area contributed by atoms with E-state index in [1.165, 1.54) is 0 Å². The molecule has 7 nitrogen and oxygen atoms in total. The van der Waals surface area contributed by atoms with E-state index in [0.717, 1.165) is 31.2 Å². The van der Waals surface area contributed by atoms with E-state index in [2.05, 4.69) is 15.5 Å². The molecule has 7 heteroatoms. The number of nitrogens with zero attached hydrogens (tertiary/aromatic N) is 2. The van der Waals surface area contributed by atoms with Gasteiger partial charge in [-0.1, -0.05) is 55.3 Å². The molecule has 35 heavy (non-hydrogen) atoms. The van der Waals surface area contributed by atoms with Crippen molar-refractivity contribution in [3.8, 4) is 0 Å². The van der Waals surface area contributed by atoms with Crippen molar-refractivity contribution in [1.29, 1.82) is 0 Å². The molecule has 1 aliphatic carbocycles. The van der Waals surface area contributed by atoms with Crippen molar-refractivity contribution in [3.63, 3.8) is 0 Å². The Labute approximate surface area is 207 Å². The standard InChI is InChI=1S/C28H36N4O3/c1-28(2,21-10-4-3-5-11-21)27(35)32-18-16-31(17-19-32)20-25(33)30-24-15-9-8-14-23(24)26(34)29-22-12-6-7-13-22/h3-5,8-11,14-15,22H,6-7,12-13,16-20H2,1-2H3,(H,29,34)(H,30,33). The molecule has 1 aliphatic heterocycles. The number of nitrogens with one attached hydrogen (secondary N) is 2. The summed E-state index contributed by atoms with van der Waals surface area (Å²) >= 11 is 0. The van der Waals surface area contributed by atoms with Gasteiger partial charge in [0.05, 0.1) is 23.2 Å². The van der Waals surface area contributed by atoms with E-state index in [1.807, 2.05) is 61.2 Å². The van der Waals surface area contributed by atoms with Crippen LogP contribution in [0.1, 0.15) is 55.5 Å². The summed E-state index contributed by atoms with van der Waals surface area (Å²) in [6, 6.07) is 17.2. The predicted molar refractivity (Wildman–Crippen MR) is 137 cm³/mol. The molecule has 2 aliphatic rings. The number of rotatable bonds is 7. The van der Waals surface area contributed by atoms with Gasteiger partial charge in [-0.2, -0.15) is 0 Å². The van der Waals surface area contributed by atoms with Crippen LogP contribution in [0.2, 0.25) is 0 Å². The van der Waals surface area contributed by atoms with Crippen LogP contribution in [-0.2, 0) is 15.0 Å². The molecule has 1 heterocycles. The molecule has 0 aromatic heterocycles. The molecule has 0 radical (unpaired) electrons. The van der Waals surface area contributed by atoms with Gasteiger partial charge in [-0.3, -0.25) is 19.3 Å². The first kappa shape index (κ1) is 24.9. The topological polar surface area (TPSA) is 81.8 Å². The van der Waals surface area contributed by atoms with Crippen LogP contribution in [0.25, 0.3) is 0 Å². The second kappa shape index (κ2) is 11.0. The quantitative estimate of drug-likeness (QED) is 0.642.